The minimum atomic E-state index is -2.84. The van der Waals surface area contributed by atoms with E-state index in [4.69, 9.17) is 9.84 Å². The fourth-order valence-electron chi connectivity index (χ4n) is 4.24. The lowest BCUT2D eigenvalue weighted by Crippen LogP contribution is -2.50. The summed E-state index contributed by atoms with van der Waals surface area (Å²) in [6.07, 6.45) is -4.52. The number of hydrogen-bond donors (Lipinski definition) is 2. The second kappa shape index (κ2) is 11.6. The van der Waals surface area contributed by atoms with Crippen molar-refractivity contribution in [2.24, 2.45) is 0 Å². The molecule has 9 heteroatoms. The van der Waals surface area contributed by atoms with Crippen molar-refractivity contribution in [3.05, 3.63) is 59.7 Å². The number of carboxylic acids is 1. The molecule has 2 aromatic carbocycles. The number of alkyl carbamates (subject to hydrolysis) is 1. The number of carboxylic acid groups (broad SMARTS) is 1. The van der Waals surface area contributed by atoms with E-state index in [1.165, 1.54) is 4.90 Å². The van der Waals surface area contributed by atoms with E-state index in [-0.39, 0.29) is 32.0 Å². The van der Waals surface area contributed by atoms with Crippen LogP contribution in [0.2, 0.25) is 0 Å². The molecule has 0 spiro atoms. The summed E-state index contributed by atoms with van der Waals surface area (Å²) in [5.74, 6) is -2.07. The molecule has 0 saturated heterocycles. The van der Waals surface area contributed by atoms with Gasteiger partial charge < -0.3 is 20.1 Å². The molecule has 1 aliphatic carbocycles. The first-order chi connectivity index (χ1) is 16.3. The zero-order valence-electron chi connectivity index (χ0n) is 18.9. The van der Waals surface area contributed by atoms with Crippen molar-refractivity contribution in [1.82, 2.24) is 10.2 Å². The van der Waals surface area contributed by atoms with E-state index in [1.54, 1.807) is 6.92 Å². The van der Waals surface area contributed by atoms with Crippen molar-refractivity contribution < 1.29 is 33.0 Å². The van der Waals surface area contributed by atoms with Gasteiger partial charge in [0, 0.05) is 25.4 Å². The molecule has 0 radical (unpaired) electrons. The standard InChI is InChI=1S/C25H28F2N2O5/c1-2-12-29(13-11-23(30)31)24(32)21(14-22(26)27)28-25(33)34-15-20-18-9-5-3-7-16(18)17-8-4-6-10-19(17)20/h3-10,20-22H,2,11-15H2,1H3,(H,28,33)(H,30,31). The van der Waals surface area contributed by atoms with Gasteiger partial charge in [-0.1, -0.05) is 55.5 Å². The molecular weight excluding hydrogens is 446 g/mol. The van der Waals surface area contributed by atoms with Gasteiger partial charge in [0.25, 0.3) is 0 Å². The number of rotatable bonds is 11. The van der Waals surface area contributed by atoms with E-state index in [0.29, 0.717) is 6.42 Å². The summed E-state index contributed by atoms with van der Waals surface area (Å²) in [4.78, 5) is 37.4. The number of alkyl halides is 2. The monoisotopic (exact) mass is 474 g/mol. The average molecular weight is 475 g/mol. The fraction of sp³-hybridized carbons (Fsp3) is 0.400. The SMILES string of the molecule is CCCN(CCC(=O)O)C(=O)C(CC(F)F)NC(=O)OCC1c2ccccc2-c2ccccc21. The van der Waals surface area contributed by atoms with Gasteiger partial charge in [-0.05, 0) is 28.7 Å². The van der Waals surface area contributed by atoms with Crippen molar-refractivity contribution >= 4 is 18.0 Å². The zero-order chi connectivity index (χ0) is 24.7. The third-order valence-corrected chi connectivity index (χ3v) is 5.75. The van der Waals surface area contributed by atoms with E-state index < -0.39 is 36.9 Å². The van der Waals surface area contributed by atoms with Crippen LogP contribution in [-0.4, -0.2) is 60.1 Å². The van der Waals surface area contributed by atoms with Crippen molar-refractivity contribution in [2.45, 2.75) is 44.6 Å². The lowest BCUT2D eigenvalue weighted by atomic mass is 9.98. The first-order valence-corrected chi connectivity index (χ1v) is 11.2. The fourth-order valence-corrected chi connectivity index (χ4v) is 4.24. The van der Waals surface area contributed by atoms with Gasteiger partial charge in [-0.25, -0.2) is 13.6 Å². The molecule has 0 fully saturated rings. The van der Waals surface area contributed by atoms with Crippen LogP contribution in [-0.2, 0) is 14.3 Å². The van der Waals surface area contributed by atoms with Gasteiger partial charge in [0.1, 0.15) is 12.6 Å². The number of amides is 2. The normalized spacial score (nSPS) is 13.2. The minimum Gasteiger partial charge on any atom is -0.481 e. The molecule has 1 aliphatic rings. The summed E-state index contributed by atoms with van der Waals surface area (Å²) < 4.78 is 31.7. The van der Waals surface area contributed by atoms with Crippen molar-refractivity contribution in [3.63, 3.8) is 0 Å². The summed E-state index contributed by atoms with van der Waals surface area (Å²) in [6, 6.07) is 14.0. The molecule has 2 amide bonds. The van der Waals surface area contributed by atoms with Crippen molar-refractivity contribution in [1.29, 1.82) is 0 Å². The maximum absolute atomic E-state index is 13.2. The highest BCUT2D eigenvalue weighted by atomic mass is 19.3. The van der Waals surface area contributed by atoms with Crippen LogP contribution < -0.4 is 5.32 Å². The van der Waals surface area contributed by atoms with Crippen LogP contribution in [0.5, 0.6) is 0 Å². The predicted molar refractivity (Wildman–Crippen MR) is 122 cm³/mol. The maximum Gasteiger partial charge on any atom is 0.407 e. The molecule has 0 aromatic heterocycles. The first-order valence-electron chi connectivity index (χ1n) is 11.2. The Morgan fingerprint density at radius 1 is 1.03 bits per heavy atom. The summed E-state index contributed by atoms with van der Waals surface area (Å²) in [7, 11) is 0. The third kappa shape index (κ3) is 6.09. The average Bonchev–Trinajstić information content (AvgIpc) is 3.13. The predicted octanol–water partition coefficient (Wildman–Crippen LogP) is 4.26. The lowest BCUT2D eigenvalue weighted by Gasteiger charge is -2.27. The summed E-state index contributed by atoms with van der Waals surface area (Å²) in [6.45, 7) is 1.82. The van der Waals surface area contributed by atoms with Gasteiger partial charge in [-0.2, -0.15) is 0 Å². The number of ether oxygens (including phenoxy) is 1. The number of carbonyl (C=O) groups excluding carboxylic acids is 2. The van der Waals surface area contributed by atoms with Gasteiger partial charge in [0.15, 0.2) is 0 Å². The number of nitrogens with zero attached hydrogens (tertiary/aromatic N) is 1. The van der Waals surface area contributed by atoms with Crippen LogP contribution in [0.3, 0.4) is 0 Å². The van der Waals surface area contributed by atoms with Gasteiger partial charge in [-0.3, -0.25) is 9.59 Å². The first kappa shape index (κ1) is 25.1. The Morgan fingerprint density at radius 2 is 1.62 bits per heavy atom. The molecule has 0 saturated carbocycles. The molecule has 2 aromatic rings. The van der Waals surface area contributed by atoms with Crippen LogP contribution in [0.1, 0.15) is 43.2 Å². The summed E-state index contributed by atoms with van der Waals surface area (Å²) >= 11 is 0. The van der Waals surface area contributed by atoms with Gasteiger partial charge in [0.2, 0.25) is 12.3 Å². The maximum atomic E-state index is 13.2. The Balaban J connectivity index is 1.68. The van der Waals surface area contributed by atoms with Crippen molar-refractivity contribution in [3.8, 4) is 11.1 Å². The topological polar surface area (TPSA) is 95.9 Å². The van der Waals surface area contributed by atoms with E-state index in [2.05, 4.69) is 5.32 Å². The number of fused-ring (bicyclic) bond motifs is 3. The molecule has 1 atom stereocenters. The molecule has 0 heterocycles. The largest absolute Gasteiger partial charge is 0.481 e. The van der Waals surface area contributed by atoms with Gasteiger partial charge >= 0.3 is 12.1 Å². The lowest BCUT2D eigenvalue weighted by molar-refractivity contribution is -0.139. The Labute approximate surface area is 196 Å². The number of hydrogen-bond acceptors (Lipinski definition) is 4. The van der Waals surface area contributed by atoms with E-state index in [1.807, 2.05) is 48.5 Å². The van der Waals surface area contributed by atoms with Crippen LogP contribution >= 0.6 is 0 Å². The molecule has 1 unspecified atom stereocenters. The second-order valence-electron chi connectivity index (χ2n) is 8.12. The Morgan fingerprint density at radius 3 is 2.15 bits per heavy atom. The molecule has 7 nitrogen and oxygen atoms in total. The molecule has 0 bridgehead atoms. The molecule has 2 N–H and O–H groups in total. The van der Waals surface area contributed by atoms with Gasteiger partial charge in [-0.15, -0.1) is 0 Å². The summed E-state index contributed by atoms with van der Waals surface area (Å²) in [5.41, 5.74) is 4.09. The minimum absolute atomic E-state index is 0.0207. The highest BCUT2D eigenvalue weighted by Gasteiger charge is 2.32. The molecule has 182 valence electrons. The highest BCUT2D eigenvalue weighted by molar-refractivity contribution is 5.86. The Hall–Kier alpha value is -3.49. The van der Waals surface area contributed by atoms with Crippen molar-refractivity contribution in [2.75, 3.05) is 19.7 Å². The number of halogens is 2. The van der Waals surface area contributed by atoms with E-state index in [9.17, 15) is 23.2 Å². The smallest absolute Gasteiger partial charge is 0.407 e. The third-order valence-electron chi connectivity index (χ3n) is 5.75. The molecule has 0 aliphatic heterocycles. The Kier molecular flexibility index (Phi) is 8.56. The van der Waals surface area contributed by atoms with E-state index in [0.717, 1.165) is 22.3 Å². The van der Waals surface area contributed by atoms with Crippen LogP contribution in [0.4, 0.5) is 13.6 Å². The molecule has 34 heavy (non-hydrogen) atoms. The molecular formula is C25H28F2N2O5. The zero-order valence-corrected chi connectivity index (χ0v) is 18.9. The number of aliphatic carboxylic acids is 1. The number of carbonyl (C=O) groups is 3. The summed E-state index contributed by atoms with van der Waals surface area (Å²) in [5, 5.41) is 11.2. The van der Waals surface area contributed by atoms with Crippen LogP contribution in [0, 0.1) is 0 Å². The second-order valence-corrected chi connectivity index (χ2v) is 8.12. The van der Waals surface area contributed by atoms with E-state index >= 15 is 0 Å². The van der Waals surface area contributed by atoms with Gasteiger partial charge in [0.05, 0.1) is 6.42 Å². The van der Waals surface area contributed by atoms with Crippen LogP contribution in [0.15, 0.2) is 48.5 Å². The van der Waals surface area contributed by atoms with Crippen LogP contribution in [0.25, 0.3) is 11.1 Å². The Bertz CT molecular complexity index is 984. The molecule has 3 rings (SSSR count). The quantitative estimate of drug-likeness (QED) is 0.507. The highest BCUT2D eigenvalue weighted by Crippen LogP contribution is 2.44. The number of benzene rings is 2. The number of nitrogens with one attached hydrogen (secondary N) is 1.